The van der Waals surface area contributed by atoms with E-state index in [-0.39, 0.29) is 0 Å². The van der Waals surface area contributed by atoms with Crippen LogP contribution < -0.4 is 4.90 Å². The molecule has 0 aliphatic carbocycles. The van der Waals surface area contributed by atoms with E-state index in [1.165, 1.54) is 18.5 Å². The predicted octanol–water partition coefficient (Wildman–Crippen LogP) is 3.50. The largest absolute Gasteiger partial charge is 0.372 e. The Hall–Kier alpha value is -0.980. The average Bonchev–Trinajstić information content (AvgIpc) is 2.19. The number of hydrogen-bond donors (Lipinski definition) is 0. The third kappa shape index (κ3) is 3.06. The van der Waals surface area contributed by atoms with Crippen LogP contribution in [0.5, 0.6) is 0 Å². The Bertz CT molecular complexity index is 244. The summed E-state index contributed by atoms with van der Waals surface area (Å²) >= 11 is 0. The van der Waals surface area contributed by atoms with Gasteiger partial charge in [0.25, 0.3) is 0 Å². The van der Waals surface area contributed by atoms with Crippen LogP contribution in [0.2, 0.25) is 0 Å². The summed E-state index contributed by atoms with van der Waals surface area (Å²) in [5.41, 5.74) is 2.41. The second-order valence-electron chi connectivity index (χ2n) is 3.65. The fourth-order valence-corrected chi connectivity index (χ4v) is 1.62. The van der Waals surface area contributed by atoms with Gasteiger partial charge in [-0.2, -0.15) is 0 Å². The molecule has 0 spiro atoms. The first-order valence-corrected chi connectivity index (χ1v) is 5.45. The first-order chi connectivity index (χ1) is 6.77. The van der Waals surface area contributed by atoms with Crippen molar-refractivity contribution in [1.29, 1.82) is 0 Å². The van der Waals surface area contributed by atoms with Crippen LogP contribution in [0.15, 0.2) is 24.3 Å². The summed E-state index contributed by atoms with van der Waals surface area (Å²) < 4.78 is 0. The molecule has 0 aliphatic rings. The molecule has 1 nitrogen and oxygen atoms in total. The van der Waals surface area contributed by atoms with Crippen LogP contribution in [0.3, 0.4) is 0 Å². The van der Waals surface area contributed by atoms with Crippen molar-refractivity contribution in [2.75, 3.05) is 18.0 Å². The fourth-order valence-electron chi connectivity index (χ4n) is 1.62. The topological polar surface area (TPSA) is 3.24 Å². The minimum atomic E-state index is 1.08. The van der Waals surface area contributed by atoms with E-state index in [1.54, 1.807) is 0 Å². The molecule has 1 aromatic rings. The van der Waals surface area contributed by atoms with Crippen LogP contribution in [0.4, 0.5) is 5.69 Å². The number of rotatable bonds is 5. The molecule has 77 valence electrons. The smallest absolute Gasteiger partial charge is 0.0366 e. The second kappa shape index (κ2) is 5.69. The molecule has 0 heterocycles. The minimum absolute atomic E-state index is 1.08. The van der Waals surface area contributed by atoms with Crippen molar-refractivity contribution >= 4 is 5.69 Å². The van der Waals surface area contributed by atoms with Crippen molar-refractivity contribution in [3.05, 3.63) is 36.8 Å². The summed E-state index contributed by atoms with van der Waals surface area (Å²) in [6.07, 6.45) is 2.40. The Morgan fingerprint density at radius 2 is 1.50 bits per heavy atom. The van der Waals surface area contributed by atoms with E-state index in [4.69, 9.17) is 0 Å². The second-order valence-corrected chi connectivity index (χ2v) is 3.65. The third-order valence-electron chi connectivity index (χ3n) is 2.29. The molecule has 0 bridgehead atoms. The monoisotopic (exact) mass is 190 g/mol. The molecule has 0 saturated carbocycles. The van der Waals surface area contributed by atoms with E-state index >= 15 is 0 Å². The zero-order valence-electron chi connectivity index (χ0n) is 9.29. The van der Waals surface area contributed by atoms with Gasteiger partial charge in [0, 0.05) is 18.8 Å². The van der Waals surface area contributed by atoms with Gasteiger partial charge in [0.1, 0.15) is 0 Å². The summed E-state index contributed by atoms with van der Waals surface area (Å²) in [7, 11) is 0. The third-order valence-corrected chi connectivity index (χ3v) is 2.29. The maximum atomic E-state index is 3.89. The van der Waals surface area contributed by atoms with Crippen LogP contribution in [0.25, 0.3) is 0 Å². The van der Waals surface area contributed by atoms with Crippen molar-refractivity contribution < 1.29 is 0 Å². The molecule has 0 N–H and O–H groups in total. The molecule has 0 atom stereocenters. The molecular formula is C13H20N. The maximum Gasteiger partial charge on any atom is 0.0366 e. The lowest BCUT2D eigenvalue weighted by Gasteiger charge is -2.23. The Kier molecular flexibility index (Phi) is 4.51. The Balaban J connectivity index is 2.71. The molecule has 0 unspecified atom stereocenters. The maximum absolute atomic E-state index is 3.89. The van der Waals surface area contributed by atoms with E-state index in [1.807, 2.05) is 0 Å². The van der Waals surface area contributed by atoms with Gasteiger partial charge in [-0.3, -0.25) is 0 Å². The quantitative estimate of drug-likeness (QED) is 0.687. The van der Waals surface area contributed by atoms with Gasteiger partial charge in [-0.15, -0.1) is 0 Å². The first kappa shape index (κ1) is 11.1. The van der Waals surface area contributed by atoms with Crippen molar-refractivity contribution in [1.82, 2.24) is 0 Å². The zero-order chi connectivity index (χ0) is 10.4. The van der Waals surface area contributed by atoms with E-state index in [0.29, 0.717) is 0 Å². The van der Waals surface area contributed by atoms with E-state index in [2.05, 4.69) is 49.9 Å². The van der Waals surface area contributed by atoms with Gasteiger partial charge >= 0.3 is 0 Å². The summed E-state index contributed by atoms with van der Waals surface area (Å²) in [5.74, 6) is 0. The molecular weight excluding hydrogens is 170 g/mol. The van der Waals surface area contributed by atoms with Gasteiger partial charge in [-0.05, 0) is 37.5 Å². The van der Waals surface area contributed by atoms with E-state index in [9.17, 15) is 0 Å². The molecule has 0 aliphatic heterocycles. The Morgan fingerprint density at radius 3 is 1.93 bits per heavy atom. The molecule has 1 rings (SSSR count). The van der Waals surface area contributed by atoms with Crippen LogP contribution in [-0.4, -0.2) is 13.1 Å². The highest BCUT2D eigenvalue weighted by molar-refractivity contribution is 5.47. The van der Waals surface area contributed by atoms with Crippen molar-refractivity contribution in [2.45, 2.75) is 26.7 Å². The fraction of sp³-hybridized carbons (Fsp3) is 0.462. The Morgan fingerprint density at radius 1 is 1.00 bits per heavy atom. The highest BCUT2D eigenvalue weighted by atomic mass is 15.1. The summed E-state index contributed by atoms with van der Waals surface area (Å²) in [4.78, 5) is 2.43. The lowest BCUT2D eigenvalue weighted by atomic mass is 10.2. The normalized spacial score (nSPS) is 10.2. The van der Waals surface area contributed by atoms with Gasteiger partial charge in [-0.1, -0.05) is 26.0 Å². The number of anilines is 1. The average molecular weight is 190 g/mol. The minimum Gasteiger partial charge on any atom is -0.372 e. The van der Waals surface area contributed by atoms with Crippen molar-refractivity contribution in [3.8, 4) is 0 Å². The van der Waals surface area contributed by atoms with E-state index < -0.39 is 0 Å². The van der Waals surface area contributed by atoms with Crippen LogP contribution in [0.1, 0.15) is 32.3 Å². The van der Waals surface area contributed by atoms with Crippen molar-refractivity contribution in [2.24, 2.45) is 0 Å². The summed E-state index contributed by atoms with van der Waals surface area (Å²) in [5, 5.41) is 0. The predicted molar refractivity (Wildman–Crippen MR) is 63.7 cm³/mol. The highest BCUT2D eigenvalue weighted by Gasteiger charge is 2.02. The molecule has 0 aromatic heterocycles. The highest BCUT2D eigenvalue weighted by Crippen LogP contribution is 2.15. The molecule has 0 amide bonds. The standard InChI is InChI=1S/C13H20N/c1-4-10-14(11-5-2)13-8-6-12(3)7-9-13/h6-9H,3-5,10-11H2,1-2H3. The van der Waals surface area contributed by atoms with Crippen LogP contribution in [0, 0.1) is 6.92 Å². The molecule has 0 fully saturated rings. The van der Waals surface area contributed by atoms with Gasteiger partial charge in [0.05, 0.1) is 0 Å². The van der Waals surface area contributed by atoms with Gasteiger partial charge in [0.15, 0.2) is 0 Å². The van der Waals surface area contributed by atoms with Gasteiger partial charge in [-0.25, -0.2) is 0 Å². The first-order valence-electron chi connectivity index (χ1n) is 5.45. The molecule has 14 heavy (non-hydrogen) atoms. The van der Waals surface area contributed by atoms with Crippen LogP contribution in [-0.2, 0) is 0 Å². The zero-order valence-corrected chi connectivity index (χ0v) is 9.29. The lowest BCUT2D eigenvalue weighted by Crippen LogP contribution is -2.24. The van der Waals surface area contributed by atoms with Crippen molar-refractivity contribution in [3.63, 3.8) is 0 Å². The molecule has 1 radical (unpaired) electrons. The number of nitrogens with zero attached hydrogens (tertiary/aromatic N) is 1. The molecule has 0 saturated heterocycles. The van der Waals surface area contributed by atoms with Gasteiger partial charge < -0.3 is 4.90 Å². The van der Waals surface area contributed by atoms with Gasteiger partial charge in [0.2, 0.25) is 0 Å². The lowest BCUT2D eigenvalue weighted by molar-refractivity contribution is 0.745. The summed E-state index contributed by atoms with van der Waals surface area (Å²) in [6, 6.07) is 8.47. The molecule has 1 heteroatoms. The number of benzene rings is 1. The SMILES string of the molecule is [CH2]c1ccc(N(CCC)CCC)cc1. The molecule has 1 aromatic carbocycles. The summed E-state index contributed by atoms with van der Waals surface area (Å²) in [6.45, 7) is 10.6. The number of hydrogen-bond acceptors (Lipinski definition) is 1. The Labute approximate surface area is 87.7 Å². The van der Waals surface area contributed by atoms with Crippen LogP contribution >= 0.6 is 0 Å². The van der Waals surface area contributed by atoms with E-state index in [0.717, 1.165) is 18.7 Å².